The highest BCUT2D eigenvalue weighted by molar-refractivity contribution is 5.94. The zero-order chi connectivity index (χ0) is 16.7. The Kier molecular flexibility index (Phi) is 6.44. The van der Waals surface area contributed by atoms with E-state index in [0.29, 0.717) is 12.1 Å². The first-order valence-corrected chi connectivity index (χ1v) is 8.49. The highest BCUT2D eigenvalue weighted by Gasteiger charge is 2.15. The van der Waals surface area contributed by atoms with Crippen LogP contribution in [0.1, 0.15) is 49.9 Å². The molecule has 0 aromatic heterocycles. The first kappa shape index (κ1) is 17.3. The Bertz CT molecular complexity index is 518. The second kappa shape index (κ2) is 8.56. The van der Waals surface area contributed by atoms with Crippen LogP contribution in [0.3, 0.4) is 0 Å². The first-order chi connectivity index (χ1) is 11.1. The van der Waals surface area contributed by atoms with Gasteiger partial charge < -0.3 is 15.5 Å². The highest BCUT2D eigenvalue weighted by Crippen LogP contribution is 2.12. The number of amides is 2. The monoisotopic (exact) mass is 317 g/mol. The lowest BCUT2D eigenvalue weighted by Crippen LogP contribution is -2.36. The van der Waals surface area contributed by atoms with Gasteiger partial charge in [-0.15, -0.1) is 0 Å². The molecule has 1 aromatic rings. The molecule has 23 heavy (non-hydrogen) atoms. The molecule has 0 aliphatic carbocycles. The number of anilines is 1. The minimum absolute atomic E-state index is 0.0767. The van der Waals surface area contributed by atoms with Crippen molar-refractivity contribution in [2.45, 2.75) is 45.6 Å². The van der Waals surface area contributed by atoms with Crippen LogP contribution in [0.25, 0.3) is 0 Å². The van der Waals surface area contributed by atoms with Crippen molar-refractivity contribution in [3.8, 4) is 0 Å². The van der Waals surface area contributed by atoms with E-state index >= 15 is 0 Å². The van der Waals surface area contributed by atoms with Gasteiger partial charge in [0.15, 0.2) is 0 Å². The van der Waals surface area contributed by atoms with E-state index in [0.717, 1.165) is 31.6 Å². The Morgan fingerprint density at radius 2 is 1.65 bits per heavy atom. The third kappa shape index (κ3) is 5.58. The molecule has 1 heterocycles. The van der Waals surface area contributed by atoms with Crippen molar-refractivity contribution in [2.24, 2.45) is 0 Å². The number of carbonyl (C=O) groups is 2. The van der Waals surface area contributed by atoms with Crippen molar-refractivity contribution < 1.29 is 9.59 Å². The van der Waals surface area contributed by atoms with Gasteiger partial charge in [-0.05, 0) is 51.0 Å². The lowest BCUT2D eigenvalue weighted by molar-refractivity contribution is -0.129. The summed E-state index contributed by atoms with van der Waals surface area (Å²) >= 11 is 0. The molecule has 2 amide bonds. The second-order valence-corrected chi connectivity index (χ2v) is 6.35. The summed E-state index contributed by atoms with van der Waals surface area (Å²) in [4.78, 5) is 26.0. The third-order valence-electron chi connectivity index (χ3n) is 3.97. The molecule has 1 aliphatic rings. The molecule has 0 saturated carbocycles. The lowest BCUT2D eigenvalue weighted by Gasteiger charge is -2.20. The number of nitrogens with zero attached hydrogens (tertiary/aromatic N) is 1. The molecule has 126 valence electrons. The summed E-state index contributed by atoms with van der Waals surface area (Å²) in [6.45, 7) is 5.91. The van der Waals surface area contributed by atoms with Gasteiger partial charge in [0.2, 0.25) is 5.91 Å². The molecule has 0 unspecified atom stereocenters. The van der Waals surface area contributed by atoms with Crippen LogP contribution in [0.15, 0.2) is 24.3 Å². The maximum atomic E-state index is 12.2. The molecular weight excluding hydrogens is 290 g/mol. The largest absolute Gasteiger partial charge is 0.376 e. The van der Waals surface area contributed by atoms with E-state index in [-0.39, 0.29) is 17.9 Å². The Morgan fingerprint density at radius 1 is 1.04 bits per heavy atom. The molecule has 0 spiro atoms. The lowest BCUT2D eigenvalue weighted by atomic mass is 10.2. The van der Waals surface area contributed by atoms with E-state index in [1.165, 1.54) is 12.8 Å². The number of likely N-dealkylation sites (tertiary alicyclic amines) is 1. The Balaban J connectivity index is 1.83. The molecule has 5 heteroatoms. The third-order valence-corrected chi connectivity index (χ3v) is 3.97. The van der Waals surface area contributed by atoms with Gasteiger partial charge in [0.05, 0.1) is 6.54 Å². The summed E-state index contributed by atoms with van der Waals surface area (Å²) in [5.41, 5.74) is 1.48. The van der Waals surface area contributed by atoms with Crippen molar-refractivity contribution in [2.75, 3.05) is 25.0 Å². The summed E-state index contributed by atoms with van der Waals surface area (Å²) in [7, 11) is 0. The van der Waals surface area contributed by atoms with E-state index in [1.807, 2.05) is 30.9 Å². The van der Waals surface area contributed by atoms with Crippen molar-refractivity contribution in [3.63, 3.8) is 0 Å². The number of hydrogen-bond donors (Lipinski definition) is 2. The first-order valence-electron chi connectivity index (χ1n) is 8.49. The van der Waals surface area contributed by atoms with Crippen molar-refractivity contribution in [1.82, 2.24) is 10.2 Å². The van der Waals surface area contributed by atoms with E-state index in [4.69, 9.17) is 0 Å². The molecule has 0 atom stereocenters. The van der Waals surface area contributed by atoms with E-state index in [1.54, 1.807) is 12.1 Å². The summed E-state index contributed by atoms with van der Waals surface area (Å²) in [6, 6.07) is 7.34. The topological polar surface area (TPSA) is 61.4 Å². The smallest absolute Gasteiger partial charge is 0.251 e. The van der Waals surface area contributed by atoms with Gasteiger partial charge in [0.25, 0.3) is 5.91 Å². The minimum atomic E-state index is -0.0767. The molecule has 0 radical (unpaired) electrons. The van der Waals surface area contributed by atoms with E-state index < -0.39 is 0 Å². The fourth-order valence-corrected chi connectivity index (χ4v) is 2.69. The zero-order valence-electron chi connectivity index (χ0n) is 14.1. The molecule has 1 fully saturated rings. The quantitative estimate of drug-likeness (QED) is 0.877. The van der Waals surface area contributed by atoms with Crippen LogP contribution in [-0.4, -0.2) is 42.4 Å². The average molecular weight is 317 g/mol. The number of nitrogens with one attached hydrogen (secondary N) is 2. The highest BCUT2D eigenvalue weighted by atomic mass is 16.2. The normalized spacial score (nSPS) is 15.2. The van der Waals surface area contributed by atoms with Crippen LogP contribution in [0, 0.1) is 0 Å². The van der Waals surface area contributed by atoms with E-state index in [9.17, 15) is 9.59 Å². The van der Waals surface area contributed by atoms with Crippen LogP contribution in [0.5, 0.6) is 0 Å². The van der Waals surface area contributed by atoms with Crippen molar-refractivity contribution >= 4 is 17.5 Å². The molecule has 1 aliphatic heterocycles. The zero-order valence-corrected chi connectivity index (χ0v) is 14.1. The minimum Gasteiger partial charge on any atom is -0.376 e. The Labute approximate surface area is 138 Å². The van der Waals surface area contributed by atoms with Crippen LogP contribution >= 0.6 is 0 Å². The standard InChI is InChI=1S/C18H27N3O2/c1-14(2)20-18(23)15-7-9-16(10-8-15)19-13-17(22)21-11-5-3-4-6-12-21/h7-10,14,19H,3-6,11-13H2,1-2H3,(H,20,23). The summed E-state index contributed by atoms with van der Waals surface area (Å²) in [6.07, 6.45) is 4.64. The average Bonchev–Trinajstić information content (AvgIpc) is 2.81. The Morgan fingerprint density at radius 3 is 2.22 bits per heavy atom. The van der Waals surface area contributed by atoms with Gasteiger partial charge in [-0.1, -0.05) is 12.8 Å². The van der Waals surface area contributed by atoms with Gasteiger partial charge in [-0.3, -0.25) is 9.59 Å². The van der Waals surface area contributed by atoms with Gasteiger partial charge in [-0.25, -0.2) is 0 Å². The van der Waals surface area contributed by atoms with Gasteiger partial charge >= 0.3 is 0 Å². The van der Waals surface area contributed by atoms with Crippen LogP contribution in [0.4, 0.5) is 5.69 Å². The molecule has 1 saturated heterocycles. The Hall–Kier alpha value is -2.04. The van der Waals surface area contributed by atoms with Gasteiger partial charge in [0.1, 0.15) is 0 Å². The fraction of sp³-hybridized carbons (Fsp3) is 0.556. The van der Waals surface area contributed by atoms with E-state index in [2.05, 4.69) is 10.6 Å². The molecule has 1 aromatic carbocycles. The second-order valence-electron chi connectivity index (χ2n) is 6.35. The number of benzene rings is 1. The SMILES string of the molecule is CC(C)NC(=O)c1ccc(NCC(=O)N2CCCCCC2)cc1. The van der Waals surface area contributed by atoms with Crippen molar-refractivity contribution in [1.29, 1.82) is 0 Å². The number of hydrogen-bond acceptors (Lipinski definition) is 3. The maximum Gasteiger partial charge on any atom is 0.251 e. The fourth-order valence-electron chi connectivity index (χ4n) is 2.69. The maximum absolute atomic E-state index is 12.2. The summed E-state index contributed by atoms with van der Waals surface area (Å²) in [5, 5.41) is 6.00. The molecule has 0 bridgehead atoms. The van der Waals surface area contributed by atoms with Gasteiger partial charge in [-0.2, -0.15) is 0 Å². The molecular formula is C18H27N3O2. The summed E-state index contributed by atoms with van der Waals surface area (Å²) < 4.78 is 0. The predicted molar refractivity (Wildman–Crippen MR) is 92.6 cm³/mol. The summed E-state index contributed by atoms with van der Waals surface area (Å²) in [5.74, 6) is 0.0701. The predicted octanol–water partition coefficient (Wildman–Crippen LogP) is 2.64. The van der Waals surface area contributed by atoms with Crippen LogP contribution in [-0.2, 0) is 4.79 Å². The molecule has 2 N–H and O–H groups in total. The number of rotatable bonds is 5. The van der Waals surface area contributed by atoms with Gasteiger partial charge in [0, 0.05) is 30.4 Å². The number of carbonyl (C=O) groups excluding carboxylic acids is 2. The van der Waals surface area contributed by atoms with Crippen LogP contribution < -0.4 is 10.6 Å². The van der Waals surface area contributed by atoms with Crippen molar-refractivity contribution in [3.05, 3.63) is 29.8 Å². The molecule has 5 nitrogen and oxygen atoms in total. The molecule has 2 rings (SSSR count). The van der Waals surface area contributed by atoms with Crippen LogP contribution in [0.2, 0.25) is 0 Å².